The second kappa shape index (κ2) is 8.79. The lowest BCUT2D eigenvalue weighted by atomic mass is 10.2. The largest absolute Gasteiger partial charge is 0.355 e. The van der Waals surface area contributed by atoms with Crippen molar-refractivity contribution in [1.82, 2.24) is 15.2 Å². The Balaban J connectivity index is 1.98. The highest BCUT2D eigenvalue weighted by molar-refractivity contribution is 5.93. The highest BCUT2D eigenvalue weighted by Crippen LogP contribution is 2.19. The van der Waals surface area contributed by atoms with Gasteiger partial charge in [0.05, 0.1) is 0 Å². The molecule has 1 heterocycles. The molecule has 0 aliphatic carbocycles. The summed E-state index contributed by atoms with van der Waals surface area (Å²) in [6.07, 6.45) is 1.59. The van der Waals surface area contributed by atoms with Crippen LogP contribution in [0.15, 0.2) is 42.6 Å². The zero-order valence-electron chi connectivity index (χ0n) is 14.7. The van der Waals surface area contributed by atoms with Crippen LogP contribution < -0.4 is 16.0 Å². The molecule has 0 unspecified atom stereocenters. The van der Waals surface area contributed by atoms with Crippen LogP contribution in [-0.4, -0.2) is 48.9 Å². The molecule has 0 radical (unpaired) electrons. The molecule has 0 aliphatic heterocycles. The predicted octanol–water partition coefficient (Wildman–Crippen LogP) is 2.07. The molecule has 0 bridgehead atoms. The molecule has 0 atom stereocenters. The third-order valence-corrected chi connectivity index (χ3v) is 3.33. The van der Waals surface area contributed by atoms with Crippen molar-refractivity contribution in [2.75, 3.05) is 37.8 Å². The van der Waals surface area contributed by atoms with E-state index in [1.54, 1.807) is 30.5 Å². The average molecular weight is 341 g/mol. The standard InChI is InChI=1S/C18H23N5O2/c1-13(24)21-14-4-6-15(7-5-14)22-16-8-9-19-17(12-16)18(25)20-10-11-23(2)3/h4-9,12H,10-11H2,1-3H3,(H,19,22)(H,20,25)(H,21,24). The molecule has 0 saturated heterocycles. The number of nitrogens with zero attached hydrogens (tertiary/aromatic N) is 2. The summed E-state index contributed by atoms with van der Waals surface area (Å²) >= 11 is 0. The Hall–Kier alpha value is -2.93. The van der Waals surface area contributed by atoms with Crippen molar-refractivity contribution in [3.8, 4) is 0 Å². The topological polar surface area (TPSA) is 86.4 Å². The number of benzene rings is 1. The molecular formula is C18H23N5O2. The summed E-state index contributed by atoms with van der Waals surface area (Å²) in [5.74, 6) is -0.314. The van der Waals surface area contributed by atoms with Crippen molar-refractivity contribution >= 4 is 28.9 Å². The first kappa shape index (κ1) is 18.4. The van der Waals surface area contributed by atoms with Gasteiger partial charge in [-0.05, 0) is 50.5 Å². The lowest BCUT2D eigenvalue weighted by Gasteiger charge is -2.11. The monoisotopic (exact) mass is 341 g/mol. The van der Waals surface area contributed by atoms with Gasteiger partial charge in [-0.3, -0.25) is 14.6 Å². The fourth-order valence-electron chi connectivity index (χ4n) is 2.12. The summed E-state index contributed by atoms with van der Waals surface area (Å²) < 4.78 is 0. The van der Waals surface area contributed by atoms with Gasteiger partial charge in [0.15, 0.2) is 0 Å². The van der Waals surface area contributed by atoms with Crippen LogP contribution >= 0.6 is 0 Å². The Morgan fingerprint density at radius 3 is 2.36 bits per heavy atom. The van der Waals surface area contributed by atoms with Crippen LogP contribution in [0.5, 0.6) is 0 Å². The van der Waals surface area contributed by atoms with Crippen LogP contribution in [0, 0.1) is 0 Å². The van der Waals surface area contributed by atoms with Crippen molar-refractivity contribution in [1.29, 1.82) is 0 Å². The summed E-state index contributed by atoms with van der Waals surface area (Å²) in [5, 5.41) is 8.76. The average Bonchev–Trinajstić information content (AvgIpc) is 2.56. The van der Waals surface area contributed by atoms with Crippen LogP contribution in [0.2, 0.25) is 0 Å². The molecule has 132 valence electrons. The van der Waals surface area contributed by atoms with Gasteiger partial charge in [-0.15, -0.1) is 0 Å². The van der Waals surface area contributed by atoms with Crippen LogP contribution in [0.25, 0.3) is 0 Å². The van der Waals surface area contributed by atoms with Gasteiger partial charge in [0, 0.05) is 43.3 Å². The quantitative estimate of drug-likeness (QED) is 0.718. The minimum Gasteiger partial charge on any atom is -0.355 e. The smallest absolute Gasteiger partial charge is 0.269 e. The van der Waals surface area contributed by atoms with Crippen molar-refractivity contribution in [3.63, 3.8) is 0 Å². The number of pyridine rings is 1. The molecule has 7 nitrogen and oxygen atoms in total. The van der Waals surface area contributed by atoms with Crippen molar-refractivity contribution in [2.24, 2.45) is 0 Å². The summed E-state index contributed by atoms with van der Waals surface area (Å²) in [7, 11) is 3.90. The Bertz CT molecular complexity index is 729. The Morgan fingerprint density at radius 1 is 1.04 bits per heavy atom. The van der Waals surface area contributed by atoms with Gasteiger partial charge in [-0.2, -0.15) is 0 Å². The minimum atomic E-state index is -0.202. The number of aromatic nitrogens is 1. The van der Waals surface area contributed by atoms with Crippen molar-refractivity contribution < 1.29 is 9.59 Å². The molecule has 3 N–H and O–H groups in total. The van der Waals surface area contributed by atoms with E-state index in [-0.39, 0.29) is 11.8 Å². The molecule has 1 aromatic heterocycles. The minimum absolute atomic E-state index is 0.111. The van der Waals surface area contributed by atoms with Crippen LogP contribution in [0.3, 0.4) is 0 Å². The molecule has 1 aromatic carbocycles. The van der Waals surface area contributed by atoms with Gasteiger partial charge >= 0.3 is 0 Å². The Morgan fingerprint density at radius 2 is 1.72 bits per heavy atom. The normalized spacial score (nSPS) is 10.4. The molecule has 2 aromatic rings. The number of rotatable bonds is 7. The third kappa shape index (κ3) is 6.23. The van der Waals surface area contributed by atoms with Gasteiger partial charge in [0.2, 0.25) is 5.91 Å². The first-order valence-corrected chi connectivity index (χ1v) is 7.97. The number of hydrogen-bond acceptors (Lipinski definition) is 5. The summed E-state index contributed by atoms with van der Waals surface area (Å²) in [6, 6.07) is 10.8. The van der Waals surface area contributed by atoms with Crippen LogP contribution in [0.4, 0.5) is 17.1 Å². The zero-order valence-corrected chi connectivity index (χ0v) is 14.7. The molecule has 0 saturated carbocycles. The van der Waals surface area contributed by atoms with Gasteiger partial charge in [-0.1, -0.05) is 0 Å². The molecule has 0 spiro atoms. The van der Waals surface area contributed by atoms with E-state index in [1.807, 2.05) is 31.1 Å². The van der Waals surface area contributed by atoms with E-state index >= 15 is 0 Å². The molecular weight excluding hydrogens is 318 g/mol. The first-order chi connectivity index (χ1) is 11.9. The lowest BCUT2D eigenvalue weighted by molar-refractivity contribution is -0.114. The molecule has 2 amide bonds. The van der Waals surface area contributed by atoms with E-state index in [2.05, 4.69) is 20.9 Å². The number of hydrogen-bond donors (Lipinski definition) is 3. The molecule has 2 rings (SSSR count). The summed E-state index contributed by atoms with van der Waals surface area (Å²) in [6.45, 7) is 2.80. The predicted molar refractivity (Wildman–Crippen MR) is 99.2 cm³/mol. The van der Waals surface area contributed by atoms with Crippen LogP contribution in [-0.2, 0) is 4.79 Å². The van der Waals surface area contributed by atoms with Crippen molar-refractivity contribution in [2.45, 2.75) is 6.92 Å². The maximum Gasteiger partial charge on any atom is 0.269 e. The number of carbonyl (C=O) groups excluding carboxylic acids is 2. The third-order valence-electron chi connectivity index (χ3n) is 3.33. The van der Waals surface area contributed by atoms with E-state index < -0.39 is 0 Å². The molecule has 25 heavy (non-hydrogen) atoms. The molecule has 0 aliphatic rings. The fourth-order valence-corrected chi connectivity index (χ4v) is 2.12. The fraction of sp³-hybridized carbons (Fsp3) is 0.278. The van der Waals surface area contributed by atoms with Gasteiger partial charge in [-0.25, -0.2) is 0 Å². The van der Waals surface area contributed by atoms with E-state index in [9.17, 15) is 9.59 Å². The van der Waals surface area contributed by atoms with E-state index in [4.69, 9.17) is 0 Å². The molecule has 0 fully saturated rings. The van der Waals surface area contributed by atoms with Crippen molar-refractivity contribution in [3.05, 3.63) is 48.3 Å². The second-order valence-corrected chi connectivity index (χ2v) is 5.87. The second-order valence-electron chi connectivity index (χ2n) is 5.87. The number of anilines is 3. The van der Waals surface area contributed by atoms with E-state index in [1.165, 1.54) is 6.92 Å². The Kier molecular flexibility index (Phi) is 6.47. The van der Waals surface area contributed by atoms with Gasteiger partial charge in [0.25, 0.3) is 5.91 Å². The van der Waals surface area contributed by atoms with Gasteiger partial charge in [0.1, 0.15) is 5.69 Å². The maximum atomic E-state index is 12.1. The zero-order chi connectivity index (χ0) is 18.2. The number of nitrogens with one attached hydrogen (secondary N) is 3. The number of carbonyl (C=O) groups is 2. The summed E-state index contributed by atoms with van der Waals surface area (Å²) in [5.41, 5.74) is 2.70. The maximum absolute atomic E-state index is 12.1. The Labute approximate surface area is 147 Å². The van der Waals surface area contributed by atoms with E-state index in [0.717, 1.165) is 23.6 Å². The summed E-state index contributed by atoms with van der Waals surface area (Å²) in [4.78, 5) is 29.3. The SMILES string of the molecule is CC(=O)Nc1ccc(Nc2ccnc(C(=O)NCCN(C)C)c2)cc1. The number of amides is 2. The van der Waals surface area contributed by atoms with Gasteiger partial charge < -0.3 is 20.9 Å². The molecule has 7 heteroatoms. The lowest BCUT2D eigenvalue weighted by Crippen LogP contribution is -2.31. The highest BCUT2D eigenvalue weighted by Gasteiger charge is 2.08. The highest BCUT2D eigenvalue weighted by atomic mass is 16.2. The van der Waals surface area contributed by atoms with E-state index in [0.29, 0.717) is 12.2 Å². The number of likely N-dealkylation sites (N-methyl/N-ethyl adjacent to an activating group) is 1. The first-order valence-electron chi connectivity index (χ1n) is 7.97. The van der Waals surface area contributed by atoms with Crippen LogP contribution in [0.1, 0.15) is 17.4 Å².